The zero-order valence-corrected chi connectivity index (χ0v) is 12.1. The summed E-state index contributed by atoms with van der Waals surface area (Å²) >= 11 is 0. The normalized spacial score (nSPS) is 30.6. The second kappa shape index (κ2) is 6.00. The van der Waals surface area contributed by atoms with Crippen molar-refractivity contribution >= 4 is 5.91 Å². The molecule has 1 aromatic heterocycles. The van der Waals surface area contributed by atoms with Crippen LogP contribution in [0, 0.1) is 11.8 Å². The van der Waals surface area contributed by atoms with Crippen molar-refractivity contribution in [3.63, 3.8) is 0 Å². The molecule has 20 heavy (non-hydrogen) atoms. The van der Waals surface area contributed by atoms with Crippen LogP contribution in [0.1, 0.15) is 50.3 Å². The first-order valence-electron chi connectivity index (χ1n) is 7.93. The first-order chi connectivity index (χ1) is 9.79. The summed E-state index contributed by atoms with van der Waals surface area (Å²) in [5.41, 5.74) is 6.92. The molecule has 4 heteroatoms. The van der Waals surface area contributed by atoms with Gasteiger partial charge in [0.25, 0.3) is 0 Å². The molecule has 3 N–H and O–H groups in total. The molecule has 2 fully saturated rings. The van der Waals surface area contributed by atoms with Crippen molar-refractivity contribution in [2.24, 2.45) is 17.6 Å². The third-order valence-electron chi connectivity index (χ3n) is 5.05. The molecule has 1 aromatic rings. The van der Waals surface area contributed by atoms with E-state index in [-0.39, 0.29) is 12.0 Å². The number of amides is 1. The molecule has 2 aliphatic rings. The quantitative estimate of drug-likeness (QED) is 0.890. The number of rotatable bonds is 3. The van der Waals surface area contributed by atoms with Crippen LogP contribution in [-0.4, -0.2) is 28.9 Å². The van der Waals surface area contributed by atoms with E-state index in [1.54, 1.807) is 0 Å². The first kappa shape index (κ1) is 13.7. The average Bonchev–Trinajstić information content (AvgIpc) is 3.16. The molecule has 1 saturated carbocycles. The molecule has 0 aromatic carbocycles. The van der Waals surface area contributed by atoms with Crippen molar-refractivity contribution in [2.45, 2.75) is 44.6 Å². The van der Waals surface area contributed by atoms with Crippen LogP contribution in [0.25, 0.3) is 0 Å². The molecule has 110 valence electrons. The van der Waals surface area contributed by atoms with E-state index in [1.165, 1.54) is 5.69 Å². The predicted octanol–water partition coefficient (Wildman–Crippen LogP) is 2.44. The third kappa shape index (κ3) is 2.62. The molecule has 1 saturated heterocycles. The van der Waals surface area contributed by atoms with Crippen LogP contribution in [0.4, 0.5) is 0 Å². The number of aromatic nitrogens is 1. The Morgan fingerprint density at radius 3 is 2.75 bits per heavy atom. The molecule has 0 spiro atoms. The van der Waals surface area contributed by atoms with E-state index in [9.17, 15) is 4.79 Å². The van der Waals surface area contributed by atoms with Gasteiger partial charge in [0, 0.05) is 24.4 Å². The van der Waals surface area contributed by atoms with Gasteiger partial charge in [0.05, 0.1) is 6.04 Å². The summed E-state index contributed by atoms with van der Waals surface area (Å²) in [6.45, 7) is 1.69. The minimum absolute atomic E-state index is 0.230. The lowest BCUT2D eigenvalue weighted by Crippen LogP contribution is -2.38. The summed E-state index contributed by atoms with van der Waals surface area (Å²) in [5, 5.41) is 0. The fraction of sp³-hybridized carbons (Fsp3) is 0.688. The smallest absolute Gasteiger partial charge is 0.226 e. The van der Waals surface area contributed by atoms with Crippen LogP contribution in [0.5, 0.6) is 0 Å². The molecular formula is C16H25N3O. The number of hydrogen-bond donors (Lipinski definition) is 2. The first-order valence-corrected chi connectivity index (χ1v) is 7.93. The highest BCUT2D eigenvalue weighted by Gasteiger charge is 2.35. The predicted molar refractivity (Wildman–Crippen MR) is 79.0 cm³/mol. The maximum Gasteiger partial charge on any atom is 0.226 e. The van der Waals surface area contributed by atoms with Gasteiger partial charge in [0.1, 0.15) is 0 Å². The van der Waals surface area contributed by atoms with Crippen LogP contribution < -0.4 is 5.73 Å². The van der Waals surface area contributed by atoms with E-state index in [4.69, 9.17) is 5.73 Å². The molecule has 1 aliphatic carbocycles. The van der Waals surface area contributed by atoms with Gasteiger partial charge in [-0.05, 0) is 63.1 Å². The number of nitrogens with one attached hydrogen (secondary N) is 1. The number of carbonyl (C=O) groups excluding carboxylic acids is 1. The zero-order chi connectivity index (χ0) is 13.9. The molecule has 0 bridgehead atoms. The van der Waals surface area contributed by atoms with Gasteiger partial charge in [-0.15, -0.1) is 0 Å². The molecule has 2 heterocycles. The third-order valence-corrected chi connectivity index (χ3v) is 5.05. The van der Waals surface area contributed by atoms with E-state index >= 15 is 0 Å². The van der Waals surface area contributed by atoms with Crippen molar-refractivity contribution in [3.05, 3.63) is 24.0 Å². The zero-order valence-electron chi connectivity index (χ0n) is 12.1. The van der Waals surface area contributed by atoms with Gasteiger partial charge in [-0.2, -0.15) is 0 Å². The lowest BCUT2D eigenvalue weighted by molar-refractivity contribution is -0.137. The van der Waals surface area contributed by atoms with Gasteiger partial charge in [-0.1, -0.05) is 0 Å². The fourth-order valence-electron chi connectivity index (χ4n) is 3.78. The maximum absolute atomic E-state index is 12.8. The summed E-state index contributed by atoms with van der Waals surface area (Å²) < 4.78 is 0. The molecule has 1 aliphatic heterocycles. The summed E-state index contributed by atoms with van der Waals surface area (Å²) in [6.07, 6.45) is 8.44. The Balaban J connectivity index is 1.65. The van der Waals surface area contributed by atoms with Gasteiger partial charge >= 0.3 is 0 Å². The number of nitrogens with zero attached hydrogens (tertiary/aromatic N) is 1. The van der Waals surface area contributed by atoms with Gasteiger partial charge in [-0.25, -0.2) is 0 Å². The molecule has 1 amide bonds. The number of likely N-dealkylation sites (tertiary alicyclic amines) is 1. The summed E-state index contributed by atoms with van der Waals surface area (Å²) in [4.78, 5) is 18.2. The van der Waals surface area contributed by atoms with Crippen LogP contribution in [-0.2, 0) is 4.79 Å². The second-order valence-electron chi connectivity index (χ2n) is 6.27. The van der Waals surface area contributed by atoms with Crippen LogP contribution in [0.3, 0.4) is 0 Å². The van der Waals surface area contributed by atoms with Gasteiger partial charge in [0.2, 0.25) is 5.91 Å². The molecule has 1 unspecified atom stereocenters. The molecular weight excluding hydrogens is 250 g/mol. The number of carbonyl (C=O) groups is 1. The Labute approximate surface area is 120 Å². The highest BCUT2D eigenvalue weighted by Crippen LogP contribution is 2.36. The molecule has 1 atom stereocenters. The fourth-order valence-corrected chi connectivity index (χ4v) is 3.78. The van der Waals surface area contributed by atoms with E-state index in [2.05, 4.69) is 16.0 Å². The molecule has 3 rings (SSSR count). The van der Waals surface area contributed by atoms with E-state index in [1.807, 2.05) is 12.3 Å². The number of H-pyrrole nitrogens is 1. The van der Waals surface area contributed by atoms with Gasteiger partial charge < -0.3 is 15.6 Å². The van der Waals surface area contributed by atoms with Crippen LogP contribution in [0.2, 0.25) is 0 Å². The number of aromatic amines is 1. The Morgan fingerprint density at radius 1 is 1.30 bits per heavy atom. The standard InChI is InChI=1S/C16H25N3O/c17-11-12-5-7-13(8-6-12)16(20)19-10-2-4-15(19)14-3-1-9-18-14/h1,3,9,12-13,15,18H,2,4-8,10-11,17H2. The summed E-state index contributed by atoms with van der Waals surface area (Å²) in [6, 6.07) is 4.38. The van der Waals surface area contributed by atoms with E-state index in [0.29, 0.717) is 11.8 Å². The van der Waals surface area contributed by atoms with E-state index < -0.39 is 0 Å². The molecule has 4 nitrogen and oxygen atoms in total. The summed E-state index contributed by atoms with van der Waals surface area (Å²) in [5.74, 6) is 1.24. The van der Waals surface area contributed by atoms with Crippen LogP contribution in [0.15, 0.2) is 18.3 Å². The monoisotopic (exact) mass is 275 g/mol. The van der Waals surface area contributed by atoms with Crippen molar-refractivity contribution in [3.8, 4) is 0 Å². The average molecular weight is 275 g/mol. The van der Waals surface area contributed by atoms with Crippen molar-refractivity contribution in [1.29, 1.82) is 0 Å². The van der Waals surface area contributed by atoms with Crippen molar-refractivity contribution in [1.82, 2.24) is 9.88 Å². The molecule has 0 radical (unpaired) electrons. The van der Waals surface area contributed by atoms with Gasteiger partial charge in [-0.3, -0.25) is 4.79 Å². The Hall–Kier alpha value is -1.29. The Bertz CT molecular complexity index is 435. The second-order valence-corrected chi connectivity index (χ2v) is 6.27. The lowest BCUT2D eigenvalue weighted by atomic mass is 9.81. The maximum atomic E-state index is 12.8. The minimum atomic E-state index is 0.230. The largest absolute Gasteiger partial charge is 0.363 e. The Morgan fingerprint density at radius 2 is 2.10 bits per heavy atom. The highest BCUT2D eigenvalue weighted by atomic mass is 16.2. The van der Waals surface area contributed by atoms with Crippen molar-refractivity contribution in [2.75, 3.05) is 13.1 Å². The van der Waals surface area contributed by atoms with Crippen LogP contribution >= 0.6 is 0 Å². The minimum Gasteiger partial charge on any atom is -0.363 e. The number of nitrogens with two attached hydrogens (primary N) is 1. The Kier molecular flexibility index (Phi) is 4.10. The SMILES string of the molecule is NCC1CCC(C(=O)N2CCCC2c2ccc[nH]2)CC1. The highest BCUT2D eigenvalue weighted by molar-refractivity contribution is 5.79. The van der Waals surface area contributed by atoms with Crippen molar-refractivity contribution < 1.29 is 4.79 Å². The van der Waals surface area contributed by atoms with Gasteiger partial charge in [0.15, 0.2) is 0 Å². The summed E-state index contributed by atoms with van der Waals surface area (Å²) in [7, 11) is 0. The lowest BCUT2D eigenvalue weighted by Gasteiger charge is -2.32. The number of hydrogen-bond acceptors (Lipinski definition) is 2. The van der Waals surface area contributed by atoms with E-state index in [0.717, 1.165) is 51.6 Å². The topological polar surface area (TPSA) is 62.1 Å².